The monoisotopic (exact) mass is 268 g/mol. The lowest BCUT2D eigenvalue weighted by Gasteiger charge is -2.30. The van der Waals surface area contributed by atoms with Gasteiger partial charge in [-0.1, -0.05) is 0 Å². The first kappa shape index (κ1) is 14.0. The average Bonchev–Trinajstić information content (AvgIpc) is 2.44. The summed E-state index contributed by atoms with van der Waals surface area (Å²) in [5.74, 6) is 1.64. The molecule has 1 aromatic carbocycles. The number of rotatable bonds is 4. The number of hydrogen-bond acceptors (Lipinski definition) is 5. The molecule has 1 aromatic rings. The minimum Gasteiger partial charge on any atom is -0.493 e. The number of hydrogen-bond donors (Lipinski definition) is 2. The van der Waals surface area contributed by atoms with Gasteiger partial charge in [0.15, 0.2) is 11.5 Å². The third kappa shape index (κ3) is 2.35. The molecule has 5 nitrogen and oxygen atoms in total. The molecule has 0 aromatic heterocycles. The molecule has 0 heterocycles. The van der Waals surface area contributed by atoms with Gasteiger partial charge in [-0.15, -0.1) is 0 Å². The first-order valence-electron chi connectivity index (χ1n) is 6.26. The van der Waals surface area contributed by atoms with Gasteiger partial charge in [0.25, 0.3) is 0 Å². The molecule has 1 aliphatic carbocycles. The lowest BCUT2D eigenvalue weighted by molar-refractivity contribution is 0.101. The van der Waals surface area contributed by atoms with Crippen molar-refractivity contribution in [3.8, 4) is 17.2 Å². The topological polar surface area (TPSA) is 68.2 Å². The van der Waals surface area contributed by atoms with E-state index in [1.807, 2.05) is 6.07 Å². The molecule has 0 fully saturated rings. The molecule has 5 heteroatoms. The molecule has 2 rings (SSSR count). The van der Waals surface area contributed by atoms with Crippen LogP contribution in [0.25, 0.3) is 0 Å². The molecule has 2 atom stereocenters. The van der Waals surface area contributed by atoms with Crippen LogP contribution in [0.4, 0.5) is 0 Å². The number of fused-ring (bicyclic) bond motifs is 1. The fourth-order valence-corrected chi connectivity index (χ4v) is 2.73. The van der Waals surface area contributed by atoms with E-state index in [0.29, 0.717) is 30.1 Å². The zero-order valence-corrected chi connectivity index (χ0v) is 11.5. The summed E-state index contributed by atoms with van der Waals surface area (Å²) in [5, 5.41) is 19.6. The van der Waals surface area contributed by atoms with Gasteiger partial charge in [0, 0.05) is 12.2 Å². The Kier molecular flexibility index (Phi) is 4.17. The van der Waals surface area contributed by atoms with Gasteiger partial charge in [0.05, 0.1) is 27.4 Å². The Labute approximate surface area is 112 Å². The van der Waals surface area contributed by atoms with E-state index >= 15 is 0 Å². The highest BCUT2D eigenvalue weighted by atomic mass is 16.5. The number of aliphatic hydroxyl groups excluding tert-OH is 2. The predicted octanol–water partition coefficient (Wildman–Crippen LogP) is 1.30. The molecule has 0 saturated heterocycles. The molecule has 2 N–H and O–H groups in total. The first-order valence-corrected chi connectivity index (χ1v) is 6.26. The molecule has 0 saturated carbocycles. The van der Waals surface area contributed by atoms with Crippen molar-refractivity contribution >= 4 is 0 Å². The molecule has 0 bridgehead atoms. The second-order valence-electron chi connectivity index (χ2n) is 4.72. The smallest absolute Gasteiger partial charge is 0.203 e. The average molecular weight is 268 g/mol. The van der Waals surface area contributed by atoms with Gasteiger partial charge in [0.2, 0.25) is 5.75 Å². The zero-order valence-electron chi connectivity index (χ0n) is 11.5. The first-order chi connectivity index (χ1) is 9.15. The molecule has 1 aliphatic rings. The van der Waals surface area contributed by atoms with Gasteiger partial charge >= 0.3 is 0 Å². The zero-order chi connectivity index (χ0) is 14.0. The van der Waals surface area contributed by atoms with Gasteiger partial charge in [-0.3, -0.25) is 0 Å². The summed E-state index contributed by atoms with van der Waals surface area (Å²) in [6.07, 6.45) is 0.560. The summed E-state index contributed by atoms with van der Waals surface area (Å²) in [4.78, 5) is 0. The van der Waals surface area contributed by atoms with Crippen LogP contribution in [0, 0.1) is 5.92 Å². The predicted molar refractivity (Wildman–Crippen MR) is 70.0 cm³/mol. The van der Waals surface area contributed by atoms with Crippen LogP contribution in [0.5, 0.6) is 17.2 Å². The van der Waals surface area contributed by atoms with E-state index in [9.17, 15) is 10.2 Å². The van der Waals surface area contributed by atoms with E-state index in [-0.39, 0.29) is 12.5 Å². The third-order valence-electron chi connectivity index (χ3n) is 3.61. The van der Waals surface area contributed by atoms with Crippen molar-refractivity contribution in [3.05, 3.63) is 17.2 Å². The Morgan fingerprint density at radius 1 is 1.16 bits per heavy atom. The van der Waals surface area contributed by atoms with E-state index in [4.69, 9.17) is 14.2 Å². The summed E-state index contributed by atoms with van der Waals surface area (Å²) in [7, 11) is 4.65. The largest absolute Gasteiger partial charge is 0.493 e. The molecule has 0 radical (unpaired) electrons. The number of methoxy groups -OCH3 is 3. The number of aliphatic hydroxyl groups is 2. The molecule has 0 spiro atoms. The van der Waals surface area contributed by atoms with Gasteiger partial charge in [0.1, 0.15) is 0 Å². The van der Waals surface area contributed by atoms with Gasteiger partial charge in [-0.25, -0.2) is 0 Å². The summed E-state index contributed by atoms with van der Waals surface area (Å²) in [6, 6.07) is 1.85. The Bertz CT molecular complexity index is 458. The van der Waals surface area contributed by atoms with Crippen molar-refractivity contribution in [2.75, 3.05) is 27.9 Å². The van der Waals surface area contributed by atoms with Crippen LogP contribution in [-0.4, -0.2) is 38.1 Å². The van der Waals surface area contributed by atoms with Crippen LogP contribution in [0.15, 0.2) is 6.07 Å². The quantitative estimate of drug-likeness (QED) is 0.861. The van der Waals surface area contributed by atoms with Crippen LogP contribution in [-0.2, 0) is 6.42 Å². The second kappa shape index (κ2) is 5.67. The van der Waals surface area contributed by atoms with Crippen LogP contribution in [0.1, 0.15) is 23.7 Å². The minimum atomic E-state index is -0.657. The fourth-order valence-electron chi connectivity index (χ4n) is 2.73. The van der Waals surface area contributed by atoms with Gasteiger partial charge in [-0.05, 0) is 30.4 Å². The maximum Gasteiger partial charge on any atom is 0.203 e. The molecule has 2 unspecified atom stereocenters. The Hall–Kier alpha value is -1.46. The lowest BCUT2D eigenvalue weighted by atomic mass is 9.81. The maximum atomic E-state index is 10.3. The molecule has 0 amide bonds. The van der Waals surface area contributed by atoms with Gasteiger partial charge < -0.3 is 24.4 Å². The van der Waals surface area contributed by atoms with E-state index in [0.717, 1.165) is 11.1 Å². The molecular weight excluding hydrogens is 248 g/mol. The van der Waals surface area contributed by atoms with Crippen molar-refractivity contribution in [3.63, 3.8) is 0 Å². The highest BCUT2D eigenvalue weighted by Gasteiger charge is 2.31. The summed E-state index contributed by atoms with van der Waals surface area (Å²) in [6.45, 7) is 0.0627. The Morgan fingerprint density at radius 2 is 1.84 bits per heavy atom. The maximum absolute atomic E-state index is 10.3. The standard InChI is InChI=1S/C14H20O5/c1-17-11-6-9-4-8(7-15)5-10(16)12(9)14(19-3)13(11)18-2/h6,8,10,15-16H,4-5,7H2,1-3H3. The Balaban J connectivity index is 2.59. The Morgan fingerprint density at radius 3 is 2.37 bits per heavy atom. The molecular formula is C14H20O5. The van der Waals surface area contributed by atoms with Crippen LogP contribution in [0.2, 0.25) is 0 Å². The van der Waals surface area contributed by atoms with Crippen molar-refractivity contribution in [1.29, 1.82) is 0 Å². The third-order valence-corrected chi connectivity index (χ3v) is 3.61. The van der Waals surface area contributed by atoms with E-state index < -0.39 is 6.10 Å². The van der Waals surface area contributed by atoms with Crippen molar-refractivity contribution in [1.82, 2.24) is 0 Å². The normalized spacial score (nSPS) is 21.7. The van der Waals surface area contributed by atoms with Crippen molar-refractivity contribution in [2.45, 2.75) is 18.9 Å². The fraction of sp³-hybridized carbons (Fsp3) is 0.571. The minimum absolute atomic E-state index is 0.0605. The SMILES string of the molecule is COc1cc2c(c(OC)c1OC)C(O)CC(CO)C2. The van der Waals surface area contributed by atoms with E-state index in [2.05, 4.69) is 0 Å². The molecule has 19 heavy (non-hydrogen) atoms. The van der Waals surface area contributed by atoms with Crippen LogP contribution >= 0.6 is 0 Å². The van der Waals surface area contributed by atoms with Crippen molar-refractivity contribution in [2.24, 2.45) is 5.92 Å². The van der Waals surface area contributed by atoms with E-state index in [1.54, 1.807) is 21.3 Å². The second-order valence-corrected chi connectivity index (χ2v) is 4.72. The molecule has 106 valence electrons. The highest BCUT2D eigenvalue weighted by Crippen LogP contribution is 2.48. The molecule has 0 aliphatic heterocycles. The summed E-state index contributed by atoms with van der Waals surface area (Å²) in [5.41, 5.74) is 1.68. The van der Waals surface area contributed by atoms with Crippen LogP contribution < -0.4 is 14.2 Å². The van der Waals surface area contributed by atoms with Crippen LogP contribution in [0.3, 0.4) is 0 Å². The number of benzene rings is 1. The number of ether oxygens (including phenoxy) is 3. The van der Waals surface area contributed by atoms with E-state index in [1.165, 1.54) is 0 Å². The van der Waals surface area contributed by atoms with Crippen molar-refractivity contribution < 1.29 is 24.4 Å². The highest BCUT2D eigenvalue weighted by molar-refractivity contribution is 5.60. The summed E-state index contributed by atoms with van der Waals surface area (Å²) < 4.78 is 16.0. The van der Waals surface area contributed by atoms with Gasteiger partial charge in [-0.2, -0.15) is 0 Å². The summed E-state index contributed by atoms with van der Waals surface area (Å²) >= 11 is 0. The lowest BCUT2D eigenvalue weighted by Crippen LogP contribution is -2.22.